The van der Waals surface area contributed by atoms with Crippen molar-refractivity contribution in [3.05, 3.63) is 80.7 Å². The summed E-state index contributed by atoms with van der Waals surface area (Å²) in [5.74, 6) is -0.461. The van der Waals surface area contributed by atoms with Crippen LogP contribution in [-0.4, -0.2) is 6.21 Å². The molecule has 120 valence electrons. The number of allylic oxidation sites excluding steroid dienone is 2. The molecule has 0 radical (unpaired) electrons. The average molecular weight is 374 g/mol. The molecule has 0 aliphatic rings. The van der Waals surface area contributed by atoms with E-state index < -0.39 is 0 Å². The monoisotopic (exact) mass is 373 g/mol. The summed E-state index contributed by atoms with van der Waals surface area (Å²) in [5.41, 5.74) is 4.92. The third-order valence-corrected chi connectivity index (χ3v) is 4.73. The van der Waals surface area contributed by atoms with Gasteiger partial charge < -0.3 is 0 Å². The first-order chi connectivity index (χ1) is 11.0. The molecule has 0 bridgehead atoms. The van der Waals surface area contributed by atoms with Gasteiger partial charge in [0.15, 0.2) is 0 Å². The maximum Gasteiger partial charge on any atom is 0.141 e. The third kappa shape index (κ3) is 3.61. The van der Waals surface area contributed by atoms with Gasteiger partial charge in [0.05, 0.1) is 10.4 Å². The number of halogens is 2. The lowest BCUT2D eigenvalue weighted by Crippen LogP contribution is -2.09. The molecule has 0 saturated carbocycles. The van der Waals surface area contributed by atoms with Crippen LogP contribution in [0.5, 0.6) is 0 Å². The number of hydrogen-bond acceptors (Lipinski definition) is 1. The minimum atomic E-state index is -0.232. The largest absolute Gasteiger partial charge is 0.265 e. The first kappa shape index (κ1) is 17.6. The van der Waals surface area contributed by atoms with Crippen LogP contribution in [0.1, 0.15) is 42.0 Å². The van der Waals surface area contributed by atoms with E-state index >= 15 is 0 Å². The van der Waals surface area contributed by atoms with Crippen LogP contribution in [0.15, 0.2) is 57.6 Å². The quantitative estimate of drug-likeness (QED) is 0.555. The second-order valence-corrected chi connectivity index (χ2v) is 6.32. The van der Waals surface area contributed by atoms with Gasteiger partial charge in [0.2, 0.25) is 0 Å². The predicted molar refractivity (Wildman–Crippen MR) is 99.8 cm³/mol. The minimum absolute atomic E-state index is 0.228. The van der Waals surface area contributed by atoms with Crippen LogP contribution in [-0.2, 0) is 0 Å². The van der Waals surface area contributed by atoms with E-state index in [1.54, 1.807) is 12.3 Å². The van der Waals surface area contributed by atoms with Gasteiger partial charge in [-0.1, -0.05) is 36.4 Å². The first-order valence-electron chi connectivity index (χ1n) is 7.66. The number of hydrogen-bond donors (Lipinski definition) is 0. The summed E-state index contributed by atoms with van der Waals surface area (Å²) in [4.78, 5) is 4.49. The lowest BCUT2D eigenvalue weighted by atomic mass is 9.84. The van der Waals surface area contributed by atoms with Crippen molar-refractivity contribution < 1.29 is 4.39 Å². The van der Waals surface area contributed by atoms with E-state index in [1.165, 1.54) is 11.1 Å². The number of aliphatic imine (C=N–C) groups is 1. The highest BCUT2D eigenvalue weighted by atomic mass is 79.9. The van der Waals surface area contributed by atoms with Crippen molar-refractivity contribution in [2.75, 3.05) is 0 Å². The molecule has 0 aliphatic heterocycles. The Morgan fingerprint density at radius 1 is 1.09 bits per heavy atom. The van der Waals surface area contributed by atoms with E-state index in [2.05, 4.69) is 46.9 Å². The molecule has 0 aliphatic carbocycles. The molecule has 0 fully saturated rings. The van der Waals surface area contributed by atoms with Crippen LogP contribution in [0.2, 0.25) is 0 Å². The average Bonchev–Trinajstić information content (AvgIpc) is 2.54. The zero-order chi connectivity index (χ0) is 17.0. The molecule has 0 N–H and O–H groups in total. The first-order valence-corrected chi connectivity index (χ1v) is 8.45. The molecular weight excluding hydrogens is 353 g/mol. The summed E-state index contributed by atoms with van der Waals surface area (Å²) in [5, 5.41) is 0. The number of aryl methyl sites for hydroxylation is 1. The molecule has 2 aromatic rings. The highest BCUT2D eigenvalue weighted by Gasteiger charge is 2.24. The fraction of sp³-hybridized carbons (Fsp3) is 0.250. The van der Waals surface area contributed by atoms with Crippen molar-refractivity contribution in [2.24, 2.45) is 4.99 Å². The molecule has 3 heteroatoms. The van der Waals surface area contributed by atoms with Gasteiger partial charge in [-0.05, 0) is 66.4 Å². The van der Waals surface area contributed by atoms with Crippen LogP contribution >= 0.6 is 15.9 Å². The van der Waals surface area contributed by atoms with Gasteiger partial charge in [-0.15, -0.1) is 0 Å². The summed E-state index contributed by atoms with van der Waals surface area (Å²) in [6.07, 6.45) is 3.70. The topological polar surface area (TPSA) is 12.4 Å². The SMILES string of the molecule is CC=N/C(=C\C)C(c1cccc(C)c1C)c1cccc(Br)c1F. The molecular formula is C20H21BrFN. The fourth-order valence-corrected chi connectivity index (χ4v) is 3.16. The smallest absolute Gasteiger partial charge is 0.141 e. The Morgan fingerprint density at radius 2 is 1.74 bits per heavy atom. The van der Waals surface area contributed by atoms with Gasteiger partial charge in [0.1, 0.15) is 5.82 Å². The van der Waals surface area contributed by atoms with Gasteiger partial charge in [0, 0.05) is 17.5 Å². The molecule has 23 heavy (non-hydrogen) atoms. The van der Waals surface area contributed by atoms with Crippen LogP contribution in [0, 0.1) is 19.7 Å². The summed E-state index contributed by atoms with van der Waals surface area (Å²) in [7, 11) is 0. The van der Waals surface area contributed by atoms with Crippen molar-refractivity contribution in [3.63, 3.8) is 0 Å². The minimum Gasteiger partial charge on any atom is -0.265 e. The van der Waals surface area contributed by atoms with Crippen molar-refractivity contribution in [2.45, 2.75) is 33.6 Å². The highest BCUT2D eigenvalue weighted by molar-refractivity contribution is 9.10. The van der Waals surface area contributed by atoms with E-state index in [0.29, 0.717) is 10.0 Å². The second kappa shape index (κ2) is 7.69. The number of benzene rings is 2. The van der Waals surface area contributed by atoms with Gasteiger partial charge in [-0.25, -0.2) is 4.39 Å². The summed E-state index contributed by atoms with van der Waals surface area (Å²) >= 11 is 3.30. The summed E-state index contributed by atoms with van der Waals surface area (Å²) < 4.78 is 15.3. The Morgan fingerprint density at radius 3 is 2.39 bits per heavy atom. The number of nitrogens with zero attached hydrogens (tertiary/aromatic N) is 1. The standard InChI is InChI=1S/C20H21BrFN/c1-5-18(23-6-2)19(15-10-7-9-13(3)14(15)4)16-11-8-12-17(21)20(16)22/h5-12,19H,1-4H3/b18-5-,23-6?. The van der Waals surface area contributed by atoms with Crippen LogP contribution in [0.3, 0.4) is 0 Å². The molecule has 0 heterocycles. The van der Waals surface area contributed by atoms with Gasteiger partial charge in [-0.2, -0.15) is 0 Å². The Balaban J connectivity index is 2.75. The van der Waals surface area contributed by atoms with E-state index in [9.17, 15) is 4.39 Å². The maximum absolute atomic E-state index is 14.8. The van der Waals surface area contributed by atoms with E-state index in [0.717, 1.165) is 11.3 Å². The summed E-state index contributed by atoms with van der Waals surface area (Å²) in [6.45, 7) is 7.97. The molecule has 0 amide bonds. The normalized spacial score (nSPS) is 13.6. The second-order valence-electron chi connectivity index (χ2n) is 5.47. The third-order valence-electron chi connectivity index (χ3n) is 4.12. The number of rotatable bonds is 4. The predicted octanol–water partition coefficient (Wildman–Crippen LogP) is 6.33. The van der Waals surface area contributed by atoms with Crippen molar-refractivity contribution in [1.82, 2.24) is 0 Å². The molecule has 0 spiro atoms. The van der Waals surface area contributed by atoms with Gasteiger partial charge in [0.25, 0.3) is 0 Å². The molecule has 1 unspecified atom stereocenters. The Bertz CT molecular complexity index is 711. The van der Waals surface area contributed by atoms with E-state index in [1.807, 2.05) is 38.1 Å². The highest BCUT2D eigenvalue weighted by Crippen LogP contribution is 2.38. The Labute approximate surface area is 146 Å². The summed E-state index contributed by atoms with van der Waals surface area (Å²) in [6, 6.07) is 11.6. The molecule has 1 atom stereocenters. The lowest BCUT2D eigenvalue weighted by molar-refractivity contribution is 0.598. The van der Waals surface area contributed by atoms with E-state index in [-0.39, 0.29) is 11.7 Å². The Hall–Kier alpha value is -1.74. The molecule has 2 rings (SSSR count). The molecule has 0 aromatic heterocycles. The zero-order valence-electron chi connectivity index (χ0n) is 13.9. The van der Waals surface area contributed by atoms with Crippen molar-refractivity contribution in [1.29, 1.82) is 0 Å². The van der Waals surface area contributed by atoms with Crippen LogP contribution in [0.25, 0.3) is 0 Å². The van der Waals surface area contributed by atoms with Crippen LogP contribution < -0.4 is 0 Å². The van der Waals surface area contributed by atoms with Gasteiger partial charge in [-0.3, -0.25) is 4.99 Å². The van der Waals surface area contributed by atoms with Crippen molar-refractivity contribution >= 4 is 22.1 Å². The molecule has 0 saturated heterocycles. The van der Waals surface area contributed by atoms with Crippen molar-refractivity contribution in [3.8, 4) is 0 Å². The molecule has 1 nitrogen and oxygen atoms in total. The Kier molecular flexibility index (Phi) is 5.89. The molecule has 2 aromatic carbocycles. The van der Waals surface area contributed by atoms with Gasteiger partial charge >= 0.3 is 0 Å². The van der Waals surface area contributed by atoms with Crippen LogP contribution in [0.4, 0.5) is 4.39 Å². The van der Waals surface area contributed by atoms with E-state index in [4.69, 9.17) is 0 Å². The zero-order valence-corrected chi connectivity index (χ0v) is 15.5. The lowest BCUT2D eigenvalue weighted by Gasteiger charge is -2.22. The fourth-order valence-electron chi connectivity index (χ4n) is 2.78. The maximum atomic E-state index is 14.8.